The summed E-state index contributed by atoms with van der Waals surface area (Å²) >= 11 is 7.01. The van der Waals surface area contributed by atoms with Gasteiger partial charge < -0.3 is 10.2 Å². The average Bonchev–Trinajstić information content (AvgIpc) is 3.56. The lowest BCUT2D eigenvalue weighted by Gasteiger charge is -2.45. The Kier molecular flexibility index (Phi) is 7.19. The topological polar surface area (TPSA) is 32.3 Å². The number of halogens is 3. The van der Waals surface area contributed by atoms with E-state index < -0.39 is 0 Å². The van der Waals surface area contributed by atoms with Crippen LogP contribution in [0, 0.1) is 17.7 Å². The Morgan fingerprint density at radius 2 is 1.74 bits per heavy atom. The first-order valence-corrected chi connectivity index (χ1v) is 12.7. The molecule has 0 radical (unpaired) electrons. The van der Waals surface area contributed by atoms with E-state index >= 15 is 0 Å². The standard InChI is InChI=1S/C25H29Br2FN2O/c1-17(24(31)29-15-19-12-21(26)14-22(27)13-19)25(20-4-6-23(28)7-5-20)8-10-30(11-9-25)16-18-2-3-18/h4-7,12-14,17-18H,2-3,8-11,15-16H2,1H3,(H,29,31). The van der Waals surface area contributed by atoms with Crippen LogP contribution in [-0.2, 0) is 16.8 Å². The van der Waals surface area contributed by atoms with Gasteiger partial charge in [0.2, 0.25) is 5.91 Å². The fourth-order valence-corrected chi connectivity index (χ4v) is 6.25. The van der Waals surface area contributed by atoms with Crippen molar-refractivity contribution in [3.05, 3.63) is 68.4 Å². The van der Waals surface area contributed by atoms with Crippen molar-refractivity contribution in [3.63, 3.8) is 0 Å². The van der Waals surface area contributed by atoms with Gasteiger partial charge in [-0.15, -0.1) is 0 Å². The Morgan fingerprint density at radius 1 is 1.13 bits per heavy atom. The number of hydrogen-bond donors (Lipinski definition) is 1. The van der Waals surface area contributed by atoms with Gasteiger partial charge in [0.05, 0.1) is 0 Å². The van der Waals surface area contributed by atoms with E-state index in [0.29, 0.717) is 6.54 Å². The van der Waals surface area contributed by atoms with E-state index in [2.05, 4.69) is 42.1 Å². The molecule has 1 heterocycles. The molecule has 1 aliphatic carbocycles. The lowest BCUT2D eigenvalue weighted by atomic mass is 9.64. The Bertz CT molecular complexity index is 901. The van der Waals surface area contributed by atoms with Gasteiger partial charge in [-0.05, 0) is 86.1 Å². The number of nitrogens with zero attached hydrogens (tertiary/aromatic N) is 1. The summed E-state index contributed by atoms with van der Waals surface area (Å²) < 4.78 is 15.6. The van der Waals surface area contributed by atoms with E-state index in [-0.39, 0.29) is 23.1 Å². The first-order valence-electron chi connectivity index (χ1n) is 11.1. The molecule has 3 nitrogen and oxygen atoms in total. The number of rotatable bonds is 7. The van der Waals surface area contributed by atoms with Crippen LogP contribution >= 0.6 is 31.9 Å². The van der Waals surface area contributed by atoms with E-state index in [1.165, 1.54) is 31.5 Å². The molecule has 2 aliphatic rings. The van der Waals surface area contributed by atoms with Gasteiger partial charge in [-0.25, -0.2) is 4.39 Å². The van der Waals surface area contributed by atoms with Crippen LogP contribution in [0.2, 0.25) is 0 Å². The average molecular weight is 552 g/mol. The summed E-state index contributed by atoms with van der Waals surface area (Å²) in [5.74, 6) is 0.485. The molecule has 1 N–H and O–H groups in total. The second kappa shape index (κ2) is 9.72. The number of carbonyl (C=O) groups is 1. The van der Waals surface area contributed by atoms with Gasteiger partial charge in [-0.2, -0.15) is 0 Å². The summed E-state index contributed by atoms with van der Waals surface area (Å²) in [6, 6.07) is 12.8. The van der Waals surface area contributed by atoms with Crippen molar-refractivity contribution in [2.75, 3.05) is 19.6 Å². The fourth-order valence-electron chi connectivity index (χ4n) is 4.86. The highest BCUT2D eigenvalue weighted by Crippen LogP contribution is 2.43. The van der Waals surface area contributed by atoms with Crippen LogP contribution in [0.3, 0.4) is 0 Å². The molecule has 6 heteroatoms. The largest absolute Gasteiger partial charge is 0.352 e. The van der Waals surface area contributed by atoms with Gasteiger partial charge in [0.15, 0.2) is 0 Å². The third-order valence-electron chi connectivity index (χ3n) is 6.99. The van der Waals surface area contributed by atoms with Crippen molar-refractivity contribution < 1.29 is 9.18 Å². The van der Waals surface area contributed by atoms with Gasteiger partial charge >= 0.3 is 0 Å². The van der Waals surface area contributed by atoms with E-state index in [0.717, 1.165) is 51.9 Å². The van der Waals surface area contributed by atoms with Crippen LogP contribution in [0.25, 0.3) is 0 Å². The second-order valence-electron chi connectivity index (χ2n) is 9.12. The van der Waals surface area contributed by atoms with Crippen molar-refractivity contribution in [1.29, 1.82) is 0 Å². The quantitative estimate of drug-likeness (QED) is 0.454. The highest BCUT2D eigenvalue weighted by Gasteiger charge is 2.44. The van der Waals surface area contributed by atoms with Gasteiger partial charge in [0.1, 0.15) is 5.82 Å². The van der Waals surface area contributed by atoms with Crippen molar-refractivity contribution in [3.8, 4) is 0 Å². The van der Waals surface area contributed by atoms with E-state index in [1.54, 1.807) is 0 Å². The summed E-state index contributed by atoms with van der Waals surface area (Å²) in [5.41, 5.74) is 1.85. The number of benzene rings is 2. The lowest BCUT2D eigenvalue weighted by Crippen LogP contribution is -2.50. The van der Waals surface area contributed by atoms with Crippen molar-refractivity contribution in [1.82, 2.24) is 10.2 Å². The molecule has 1 amide bonds. The van der Waals surface area contributed by atoms with Gasteiger partial charge in [0, 0.05) is 33.4 Å². The van der Waals surface area contributed by atoms with Crippen LogP contribution in [0.5, 0.6) is 0 Å². The third kappa shape index (κ3) is 5.58. The number of carbonyl (C=O) groups excluding carboxylic acids is 1. The van der Waals surface area contributed by atoms with Crippen LogP contribution in [0.1, 0.15) is 43.7 Å². The summed E-state index contributed by atoms with van der Waals surface area (Å²) in [5, 5.41) is 3.14. The molecule has 31 heavy (non-hydrogen) atoms. The molecule has 1 saturated carbocycles. The SMILES string of the molecule is CC(C(=O)NCc1cc(Br)cc(Br)c1)C1(c2ccc(F)cc2)CCN(CC2CC2)CC1. The zero-order chi connectivity index (χ0) is 22.0. The molecular weight excluding hydrogens is 523 g/mol. The van der Waals surface area contributed by atoms with Crippen LogP contribution in [0.15, 0.2) is 51.4 Å². The Balaban J connectivity index is 1.49. The van der Waals surface area contributed by atoms with E-state index in [9.17, 15) is 9.18 Å². The van der Waals surface area contributed by atoms with E-state index in [1.807, 2.05) is 37.3 Å². The first kappa shape index (κ1) is 22.9. The summed E-state index contributed by atoms with van der Waals surface area (Å²) in [7, 11) is 0. The van der Waals surface area contributed by atoms with Gasteiger partial charge in [-0.3, -0.25) is 4.79 Å². The molecule has 2 fully saturated rings. The number of nitrogens with one attached hydrogen (secondary N) is 1. The molecule has 2 aromatic carbocycles. The molecule has 0 spiro atoms. The zero-order valence-corrected chi connectivity index (χ0v) is 21.0. The minimum absolute atomic E-state index is 0.0519. The lowest BCUT2D eigenvalue weighted by molar-refractivity contribution is -0.127. The predicted molar refractivity (Wildman–Crippen MR) is 129 cm³/mol. The summed E-state index contributed by atoms with van der Waals surface area (Å²) in [4.78, 5) is 15.8. The maximum absolute atomic E-state index is 13.6. The van der Waals surface area contributed by atoms with Crippen molar-refractivity contribution in [2.24, 2.45) is 11.8 Å². The van der Waals surface area contributed by atoms with Crippen LogP contribution in [-0.4, -0.2) is 30.4 Å². The van der Waals surface area contributed by atoms with Crippen molar-refractivity contribution in [2.45, 2.75) is 44.6 Å². The highest BCUT2D eigenvalue weighted by molar-refractivity contribution is 9.11. The van der Waals surface area contributed by atoms with Crippen LogP contribution < -0.4 is 5.32 Å². The molecule has 2 aromatic rings. The zero-order valence-electron chi connectivity index (χ0n) is 17.8. The number of hydrogen-bond acceptors (Lipinski definition) is 2. The second-order valence-corrected chi connectivity index (χ2v) is 11.0. The number of likely N-dealkylation sites (tertiary alicyclic amines) is 1. The van der Waals surface area contributed by atoms with Gasteiger partial charge in [0.25, 0.3) is 0 Å². The fraction of sp³-hybridized carbons (Fsp3) is 0.480. The number of piperidine rings is 1. The van der Waals surface area contributed by atoms with E-state index in [4.69, 9.17) is 0 Å². The van der Waals surface area contributed by atoms with Gasteiger partial charge in [-0.1, -0.05) is 50.9 Å². The monoisotopic (exact) mass is 550 g/mol. The molecule has 1 atom stereocenters. The maximum atomic E-state index is 13.6. The minimum atomic E-state index is -0.268. The smallest absolute Gasteiger partial charge is 0.223 e. The van der Waals surface area contributed by atoms with Crippen molar-refractivity contribution >= 4 is 37.8 Å². The first-order chi connectivity index (χ1) is 14.9. The molecule has 0 aromatic heterocycles. The third-order valence-corrected chi connectivity index (χ3v) is 7.91. The van der Waals surface area contributed by atoms with Crippen LogP contribution in [0.4, 0.5) is 4.39 Å². The predicted octanol–water partition coefficient (Wildman–Crippen LogP) is 6.05. The molecule has 1 saturated heterocycles. The Hall–Kier alpha value is -1.24. The molecule has 0 bridgehead atoms. The molecule has 1 unspecified atom stereocenters. The molecule has 1 aliphatic heterocycles. The normalized spacial score (nSPS) is 19.7. The number of amides is 1. The minimum Gasteiger partial charge on any atom is -0.352 e. The Labute approximate surface area is 201 Å². The summed E-state index contributed by atoms with van der Waals surface area (Å²) in [6.07, 6.45) is 4.54. The molecular formula is C25H29Br2FN2O. The molecule has 166 valence electrons. The Morgan fingerprint density at radius 3 is 2.32 bits per heavy atom. The molecule has 4 rings (SSSR count). The summed E-state index contributed by atoms with van der Waals surface area (Å²) in [6.45, 7) is 5.67. The highest BCUT2D eigenvalue weighted by atomic mass is 79.9. The maximum Gasteiger partial charge on any atom is 0.223 e.